The molecule has 28 heteroatoms. The lowest BCUT2D eigenvalue weighted by atomic mass is 9.92. The molecule has 2 heterocycles. The quantitative estimate of drug-likeness (QED) is 0.144. The van der Waals surface area contributed by atoms with Gasteiger partial charge in [0.1, 0.15) is 47.6 Å². The highest BCUT2D eigenvalue weighted by Crippen LogP contribution is 2.35. The molecule has 1 aromatic rings. The first-order valence-electron chi connectivity index (χ1n) is 31.6. The highest BCUT2D eigenvalue weighted by atomic mass is 19.4. The number of carbonyl (C=O) groups is 11. The molecule has 0 bridgehead atoms. The summed E-state index contributed by atoms with van der Waals surface area (Å²) in [5.41, 5.74) is -3.07. The van der Waals surface area contributed by atoms with E-state index in [0.717, 1.165) is 25.7 Å². The Labute approximate surface area is 531 Å². The van der Waals surface area contributed by atoms with E-state index >= 15 is 4.79 Å². The lowest BCUT2D eigenvalue weighted by Crippen LogP contribution is -2.64. The molecule has 22 nitrogen and oxygen atoms in total. The zero-order valence-corrected chi connectivity index (χ0v) is 55.1. The molecule has 1 unspecified atom stereocenters. The normalized spacial score (nSPS) is 25.0. The molecular weight excluding hydrogens is 1200 g/mol. The van der Waals surface area contributed by atoms with Crippen LogP contribution < -0.4 is 21.3 Å². The molecule has 2 saturated heterocycles. The Balaban J connectivity index is 1.81. The van der Waals surface area contributed by atoms with Gasteiger partial charge in [0, 0.05) is 67.7 Å². The number of hydrogen-bond acceptors (Lipinski definition) is 11. The summed E-state index contributed by atoms with van der Waals surface area (Å²) in [4.78, 5) is 166. The van der Waals surface area contributed by atoms with Gasteiger partial charge in [-0.2, -0.15) is 13.2 Å². The number of rotatable bonds is 14. The van der Waals surface area contributed by atoms with Gasteiger partial charge >= 0.3 is 6.18 Å². The molecular formula is C63H97F6N11O11. The third-order valence-corrected chi connectivity index (χ3v) is 17.7. The fourth-order valence-corrected chi connectivity index (χ4v) is 12.0. The highest BCUT2D eigenvalue weighted by Gasteiger charge is 2.49. The molecule has 11 amide bonds. The first-order valence-corrected chi connectivity index (χ1v) is 31.6. The summed E-state index contributed by atoms with van der Waals surface area (Å²) < 4.78 is 82.3. The minimum atomic E-state index is -5.02. The summed E-state index contributed by atoms with van der Waals surface area (Å²) in [6.07, 6.45) is -6.97. The SMILES string of the molecule is CC[C@H](C)[C@@H]1NC(=O)[C@H](CC(C)C)N(C)C(=O)C[C@@H](C)NC(=O)[C@H](CC(C)C)N(C)C(=O)C2(CCCC2)NC(=O)C2CCCN2C(=O)[C@H](CCc2ccc(C(F)(F)F)c(F)c2)NC(=O)CN(C)C(=O)[C@H](CCCCC(F)F)N(C)C(=O)CN(C)C(=O)CN(C)C1=O. The van der Waals surface area contributed by atoms with Gasteiger partial charge in [0.15, 0.2) is 0 Å². The molecule has 4 N–H and O–H groups in total. The van der Waals surface area contributed by atoms with Crippen molar-refractivity contribution in [2.24, 2.45) is 17.8 Å². The van der Waals surface area contributed by atoms with Gasteiger partial charge in [-0.05, 0) is 107 Å². The Hall–Kier alpha value is -7.03. The number of likely N-dealkylation sites (N-methyl/N-ethyl adjacent to an activating group) is 6. The summed E-state index contributed by atoms with van der Waals surface area (Å²) >= 11 is 0. The average Bonchev–Trinajstić information content (AvgIpc) is 1.78. The molecule has 8 atom stereocenters. The topological polar surface area (TPSA) is 259 Å². The van der Waals surface area contributed by atoms with Crippen LogP contribution in [0.3, 0.4) is 0 Å². The largest absolute Gasteiger partial charge is 0.419 e. The van der Waals surface area contributed by atoms with E-state index in [9.17, 15) is 74.3 Å². The highest BCUT2D eigenvalue weighted by molar-refractivity contribution is 5.99. The first kappa shape index (κ1) is 76.4. The van der Waals surface area contributed by atoms with Crippen molar-refractivity contribution in [2.75, 3.05) is 68.5 Å². The number of unbranched alkanes of at least 4 members (excludes halogenated alkanes) is 1. The molecule has 0 radical (unpaired) electrons. The Morgan fingerprint density at radius 1 is 0.637 bits per heavy atom. The van der Waals surface area contributed by atoms with Crippen molar-refractivity contribution in [1.29, 1.82) is 0 Å². The van der Waals surface area contributed by atoms with E-state index in [1.807, 2.05) is 27.7 Å². The second-order valence-corrected chi connectivity index (χ2v) is 26.0. The maximum Gasteiger partial charge on any atom is 0.419 e. The van der Waals surface area contributed by atoms with Crippen molar-refractivity contribution in [3.05, 3.63) is 35.1 Å². The predicted molar refractivity (Wildman–Crippen MR) is 325 cm³/mol. The molecule has 1 aromatic carbocycles. The van der Waals surface area contributed by atoms with Crippen LogP contribution >= 0.6 is 0 Å². The summed E-state index contributed by atoms with van der Waals surface area (Å²) in [5, 5.41) is 11.3. The number of aryl methyl sites for hydroxylation is 1. The van der Waals surface area contributed by atoms with E-state index in [1.54, 1.807) is 20.8 Å². The number of benzene rings is 1. The fourth-order valence-electron chi connectivity index (χ4n) is 12.0. The minimum absolute atomic E-state index is 0.00543. The predicted octanol–water partition coefficient (Wildman–Crippen LogP) is 4.90. The smallest absolute Gasteiger partial charge is 0.351 e. The number of amides is 11. The minimum Gasteiger partial charge on any atom is -0.351 e. The van der Waals surface area contributed by atoms with E-state index in [-0.39, 0.29) is 101 Å². The summed E-state index contributed by atoms with van der Waals surface area (Å²) in [5.74, 6) is -10.3. The van der Waals surface area contributed by atoms with Gasteiger partial charge in [0.25, 0.3) is 0 Å². The molecule has 4 rings (SSSR count). The second-order valence-electron chi connectivity index (χ2n) is 26.0. The number of nitrogens with one attached hydrogen (secondary N) is 4. The van der Waals surface area contributed by atoms with E-state index in [1.165, 1.54) is 57.0 Å². The van der Waals surface area contributed by atoms with Crippen LogP contribution in [0.25, 0.3) is 0 Å². The maximum absolute atomic E-state index is 15.0. The number of alkyl halides is 5. The summed E-state index contributed by atoms with van der Waals surface area (Å²) in [6, 6.07) is -6.24. The Bertz CT molecular complexity index is 2750. The number of halogens is 6. The van der Waals surface area contributed by atoms with Gasteiger partial charge in [0.05, 0.1) is 25.2 Å². The molecule has 2 aliphatic heterocycles. The monoisotopic (exact) mass is 1300 g/mol. The molecule has 3 aliphatic rings. The maximum atomic E-state index is 15.0. The number of nitrogens with zero attached hydrogens (tertiary/aromatic N) is 7. The van der Waals surface area contributed by atoms with Gasteiger partial charge in [-0.1, -0.05) is 73.3 Å². The van der Waals surface area contributed by atoms with Crippen LogP contribution in [-0.2, 0) is 65.3 Å². The Kier molecular flexibility index (Phi) is 28.6. The first-order chi connectivity index (χ1) is 42.4. The molecule has 3 fully saturated rings. The van der Waals surface area contributed by atoms with Crippen LogP contribution in [-0.4, -0.2) is 222 Å². The fraction of sp³-hybridized carbons (Fsp3) is 0.730. The standard InChI is InChI=1S/C63H97F6N11O11/c1-14-39(6)54-60(90)76(10)35-52(83)74(8)36-53(84)77(11)46(20-15-16-22-49(65)66)59(89)75(9)34-50(81)71-44(26-24-41-23-25-42(43(64)33-41)63(67,68)69)58(88)80-29-19-21-45(80)57(87)73-62(27-17-18-28-62)61(91)79(13)48(31-38(4)5)55(85)70-40(7)32-51(82)78(12)47(30-37(2)3)56(86)72-54/h23,25,33,37-40,44-49,54H,14-22,24,26-32,34-36H2,1-13H3,(H,70,85)(H,71,81)(H,72,86)(H,73,87)/t39-,40+,44-,45?,46-,47-,48-,54-/m0/s1. The van der Waals surface area contributed by atoms with Crippen LogP contribution in [0.1, 0.15) is 156 Å². The van der Waals surface area contributed by atoms with Gasteiger partial charge < -0.3 is 55.6 Å². The van der Waals surface area contributed by atoms with Crippen LogP contribution in [0, 0.1) is 23.6 Å². The van der Waals surface area contributed by atoms with Crippen molar-refractivity contribution in [3.8, 4) is 0 Å². The summed E-state index contributed by atoms with van der Waals surface area (Å²) in [6.45, 7) is 10.5. The van der Waals surface area contributed by atoms with E-state index in [0.29, 0.717) is 31.4 Å². The molecule has 512 valence electrons. The molecule has 1 aliphatic carbocycles. The molecule has 1 saturated carbocycles. The van der Waals surface area contributed by atoms with Gasteiger partial charge in [-0.15, -0.1) is 0 Å². The Morgan fingerprint density at radius 3 is 1.78 bits per heavy atom. The number of hydrogen-bond donors (Lipinski definition) is 4. The lowest BCUT2D eigenvalue weighted by molar-refractivity contribution is -0.149. The second kappa shape index (κ2) is 34.0. The van der Waals surface area contributed by atoms with Crippen LogP contribution in [0.2, 0.25) is 0 Å². The number of fused-ring (bicyclic) bond motifs is 1. The lowest BCUT2D eigenvalue weighted by Gasteiger charge is -2.39. The van der Waals surface area contributed by atoms with Crippen LogP contribution in [0.5, 0.6) is 0 Å². The molecule has 91 heavy (non-hydrogen) atoms. The van der Waals surface area contributed by atoms with Crippen molar-refractivity contribution in [2.45, 2.75) is 212 Å². The third kappa shape index (κ3) is 21.3. The molecule has 0 aromatic heterocycles. The molecule has 1 spiro atoms. The van der Waals surface area contributed by atoms with Crippen molar-refractivity contribution in [3.63, 3.8) is 0 Å². The number of carbonyl (C=O) groups excluding carboxylic acids is 11. The van der Waals surface area contributed by atoms with Crippen molar-refractivity contribution in [1.82, 2.24) is 55.6 Å². The van der Waals surface area contributed by atoms with E-state index in [2.05, 4.69) is 21.3 Å². The average molecular weight is 1300 g/mol. The van der Waals surface area contributed by atoms with Gasteiger partial charge in [-0.3, -0.25) is 52.7 Å². The van der Waals surface area contributed by atoms with Crippen LogP contribution in [0.15, 0.2) is 18.2 Å². The van der Waals surface area contributed by atoms with Crippen molar-refractivity contribution >= 4 is 65.0 Å². The van der Waals surface area contributed by atoms with E-state index in [4.69, 9.17) is 0 Å². The third-order valence-electron chi connectivity index (χ3n) is 17.7. The van der Waals surface area contributed by atoms with E-state index < -0.39 is 169 Å². The zero-order chi connectivity index (χ0) is 68.6. The Morgan fingerprint density at radius 2 is 1.21 bits per heavy atom. The van der Waals surface area contributed by atoms with Crippen LogP contribution in [0.4, 0.5) is 26.3 Å². The van der Waals surface area contributed by atoms with Crippen molar-refractivity contribution < 1.29 is 79.1 Å². The summed E-state index contributed by atoms with van der Waals surface area (Å²) in [7, 11) is 7.96. The van der Waals surface area contributed by atoms with Gasteiger partial charge in [-0.25, -0.2) is 13.2 Å². The van der Waals surface area contributed by atoms with Gasteiger partial charge in [0.2, 0.25) is 71.4 Å². The zero-order valence-electron chi connectivity index (χ0n) is 55.1.